The summed E-state index contributed by atoms with van der Waals surface area (Å²) in [5.74, 6) is 1.34. The second-order valence-corrected chi connectivity index (χ2v) is 7.43. The highest BCUT2D eigenvalue weighted by Gasteiger charge is 2.17. The molecule has 0 heterocycles. The monoisotopic (exact) mass is 415 g/mol. The summed E-state index contributed by atoms with van der Waals surface area (Å²) in [5.41, 5.74) is 0.901. The average Bonchev–Trinajstić information content (AvgIpc) is 2.63. The summed E-state index contributed by atoms with van der Waals surface area (Å²) >= 11 is 13.9. The maximum Gasteiger partial charge on any atom is 0.261 e. The number of amides is 1. The molecule has 0 spiro atoms. The molecule has 0 saturated carbocycles. The number of hydrogen-bond donors (Lipinski definition) is 1. The molecule has 0 saturated heterocycles. The zero-order valence-electron chi connectivity index (χ0n) is 14.3. The van der Waals surface area contributed by atoms with Crippen LogP contribution in [-0.2, 0) is 10.5 Å². The van der Waals surface area contributed by atoms with Crippen molar-refractivity contribution in [2.24, 2.45) is 0 Å². The first-order valence-corrected chi connectivity index (χ1v) is 10.1. The number of ether oxygens (including phenoxy) is 1. The minimum absolute atomic E-state index is 0.187. The van der Waals surface area contributed by atoms with Crippen LogP contribution in [0.3, 0.4) is 0 Å². The molecule has 0 fully saturated rings. The fourth-order valence-corrected chi connectivity index (χ4v) is 3.80. The van der Waals surface area contributed by atoms with E-state index in [4.69, 9.17) is 27.9 Å². The van der Waals surface area contributed by atoms with Crippen LogP contribution in [0.25, 0.3) is 0 Å². The van der Waals surface area contributed by atoms with Crippen molar-refractivity contribution < 1.29 is 13.9 Å². The lowest BCUT2D eigenvalue weighted by Gasteiger charge is -2.17. The summed E-state index contributed by atoms with van der Waals surface area (Å²) in [7, 11) is 0. The van der Waals surface area contributed by atoms with E-state index in [2.05, 4.69) is 5.32 Å². The third-order valence-corrected chi connectivity index (χ3v) is 5.30. The molecular weight excluding hydrogens is 396 g/mol. The molecule has 1 atom stereocenters. The molecule has 0 bridgehead atoms. The van der Waals surface area contributed by atoms with Gasteiger partial charge in [-0.2, -0.15) is 11.8 Å². The Morgan fingerprint density at radius 3 is 2.46 bits per heavy atom. The lowest BCUT2D eigenvalue weighted by atomic mass is 10.2. The van der Waals surface area contributed by atoms with Gasteiger partial charge in [0.05, 0.1) is 0 Å². The molecule has 0 aliphatic heterocycles. The third kappa shape index (κ3) is 6.38. The Labute approximate surface area is 167 Å². The Morgan fingerprint density at radius 1 is 1.19 bits per heavy atom. The van der Waals surface area contributed by atoms with Gasteiger partial charge in [0.1, 0.15) is 11.6 Å². The Balaban J connectivity index is 1.73. The van der Waals surface area contributed by atoms with Gasteiger partial charge in [-0.05, 0) is 48.4 Å². The Kier molecular flexibility index (Phi) is 8.55. The standard InChI is InChI=1S/C19H20Cl2FNO2S/c1-2-18(25-14-8-6-13(22)7-9-14)19(24)23-10-11-26-12-15-16(20)4-3-5-17(15)21/h3-9,18H,2,10-12H2,1H3,(H,23,24). The van der Waals surface area contributed by atoms with Gasteiger partial charge in [0, 0.05) is 28.1 Å². The minimum atomic E-state index is -0.608. The van der Waals surface area contributed by atoms with Crippen molar-refractivity contribution in [2.75, 3.05) is 12.3 Å². The van der Waals surface area contributed by atoms with Crippen LogP contribution < -0.4 is 10.1 Å². The molecule has 1 N–H and O–H groups in total. The Hall–Kier alpha value is -1.43. The second-order valence-electron chi connectivity index (χ2n) is 5.51. The van der Waals surface area contributed by atoms with Crippen molar-refractivity contribution in [1.82, 2.24) is 5.32 Å². The topological polar surface area (TPSA) is 38.3 Å². The van der Waals surface area contributed by atoms with Crippen molar-refractivity contribution in [3.8, 4) is 5.75 Å². The van der Waals surface area contributed by atoms with Gasteiger partial charge in [0.2, 0.25) is 0 Å². The van der Waals surface area contributed by atoms with Gasteiger partial charge in [-0.3, -0.25) is 4.79 Å². The van der Waals surface area contributed by atoms with Crippen LogP contribution in [0.15, 0.2) is 42.5 Å². The van der Waals surface area contributed by atoms with Crippen LogP contribution in [0.4, 0.5) is 4.39 Å². The molecular formula is C19H20Cl2FNO2S. The van der Waals surface area contributed by atoms with E-state index in [1.807, 2.05) is 25.1 Å². The molecule has 0 aromatic heterocycles. The largest absolute Gasteiger partial charge is 0.481 e. The average molecular weight is 416 g/mol. The van der Waals surface area contributed by atoms with Crippen LogP contribution >= 0.6 is 35.0 Å². The molecule has 7 heteroatoms. The van der Waals surface area contributed by atoms with Crippen molar-refractivity contribution >= 4 is 40.9 Å². The van der Waals surface area contributed by atoms with Gasteiger partial charge >= 0.3 is 0 Å². The second kappa shape index (κ2) is 10.7. The normalized spacial score (nSPS) is 11.8. The summed E-state index contributed by atoms with van der Waals surface area (Å²) in [6, 6.07) is 11.0. The molecule has 0 aliphatic carbocycles. The molecule has 2 aromatic carbocycles. The van der Waals surface area contributed by atoms with Crippen molar-refractivity contribution in [3.05, 3.63) is 63.9 Å². The van der Waals surface area contributed by atoms with E-state index in [0.29, 0.717) is 34.5 Å². The first kappa shape index (κ1) is 20.9. The van der Waals surface area contributed by atoms with Crippen molar-refractivity contribution in [1.29, 1.82) is 0 Å². The molecule has 2 aromatic rings. The number of hydrogen-bond acceptors (Lipinski definition) is 3. The fraction of sp³-hybridized carbons (Fsp3) is 0.316. The van der Waals surface area contributed by atoms with Crippen LogP contribution in [0.5, 0.6) is 5.75 Å². The van der Waals surface area contributed by atoms with Gasteiger partial charge in [0.15, 0.2) is 6.10 Å². The summed E-state index contributed by atoms with van der Waals surface area (Å²) in [6.07, 6.45) is -0.0885. The summed E-state index contributed by atoms with van der Waals surface area (Å²) in [4.78, 5) is 12.2. The maximum absolute atomic E-state index is 12.9. The van der Waals surface area contributed by atoms with Crippen molar-refractivity contribution in [3.63, 3.8) is 0 Å². The SMILES string of the molecule is CCC(Oc1ccc(F)cc1)C(=O)NCCSCc1c(Cl)cccc1Cl. The van der Waals surface area contributed by atoms with Gasteiger partial charge < -0.3 is 10.1 Å². The summed E-state index contributed by atoms with van der Waals surface area (Å²) in [5, 5.41) is 4.15. The van der Waals surface area contributed by atoms with Gasteiger partial charge in [-0.25, -0.2) is 4.39 Å². The smallest absolute Gasteiger partial charge is 0.261 e. The molecule has 1 unspecified atom stereocenters. The number of thioether (sulfide) groups is 1. The van der Waals surface area contributed by atoms with E-state index in [1.165, 1.54) is 24.3 Å². The highest BCUT2D eigenvalue weighted by atomic mass is 35.5. The molecule has 1 amide bonds. The first-order chi connectivity index (χ1) is 12.5. The number of nitrogens with one attached hydrogen (secondary N) is 1. The van der Waals surface area contributed by atoms with Crippen LogP contribution in [-0.4, -0.2) is 24.3 Å². The number of benzene rings is 2. The van der Waals surface area contributed by atoms with Crippen molar-refractivity contribution in [2.45, 2.75) is 25.2 Å². The van der Waals surface area contributed by atoms with Gasteiger partial charge in [-0.1, -0.05) is 36.2 Å². The highest BCUT2D eigenvalue weighted by molar-refractivity contribution is 7.98. The predicted octanol–water partition coefficient (Wildman–Crippen LogP) is 5.34. The van der Waals surface area contributed by atoms with Crippen LogP contribution in [0.2, 0.25) is 10.0 Å². The Morgan fingerprint density at radius 2 is 1.85 bits per heavy atom. The van der Waals surface area contributed by atoms with E-state index >= 15 is 0 Å². The maximum atomic E-state index is 12.9. The van der Waals surface area contributed by atoms with E-state index in [0.717, 1.165) is 11.3 Å². The van der Waals surface area contributed by atoms with Gasteiger partial charge in [-0.15, -0.1) is 0 Å². The van der Waals surface area contributed by atoms with Crippen LogP contribution in [0, 0.1) is 5.82 Å². The molecule has 0 radical (unpaired) electrons. The zero-order chi connectivity index (χ0) is 18.9. The number of rotatable bonds is 9. The highest BCUT2D eigenvalue weighted by Crippen LogP contribution is 2.28. The van der Waals surface area contributed by atoms with Gasteiger partial charge in [0.25, 0.3) is 5.91 Å². The lowest BCUT2D eigenvalue weighted by molar-refractivity contribution is -0.127. The number of carbonyl (C=O) groups is 1. The third-order valence-electron chi connectivity index (χ3n) is 3.61. The lowest BCUT2D eigenvalue weighted by Crippen LogP contribution is -2.39. The number of halogens is 3. The molecule has 140 valence electrons. The van der Waals surface area contributed by atoms with E-state index in [-0.39, 0.29) is 11.7 Å². The molecule has 3 nitrogen and oxygen atoms in total. The number of carbonyl (C=O) groups excluding carboxylic acids is 1. The van der Waals surface area contributed by atoms with E-state index in [9.17, 15) is 9.18 Å². The Bertz CT molecular complexity index is 708. The van der Waals surface area contributed by atoms with Crippen LogP contribution in [0.1, 0.15) is 18.9 Å². The quantitative estimate of drug-likeness (QED) is 0.561. The summed E-state index contributed by atoms with van der Waals surface area (Å²) in [6.45, 7) is 2.37. The first-order valence-electron chi connectivity index (χ1n) is 8.21. The summed E-state index contributed by atoms with van der Waals surface area (Å²) < 4.78 is 18.5. The molecule has 26 heavy (non-hydrogen) atoms. The fourth-order valence-electron chi connectivity index (χ4n) is 2.20. The van der Waals surface area contributed by atoms with E-state index < -0.39 is 6.10 Å². The minimum Gasteiger partial charge on any atom is -0.481 e. The zero-order valence-corrected chi connectivity index (χ0v) is 16.6. The van der Waals surface area contributed by atoms with E-state index in [1.54, 1.807) is 11.8 Å². The molecule has 2 rings (SSSR count). The predicted molar refractivity (Wildman–Crippen MR) is 107 cm³/mol. The molecule has 0 aliphatic rings.